The van der Waals surface area contributed by atoms with Crippen LogP contribution in [0, 0.1) is 0 Å². The van der Waals surface area contributed by atoms with Crippen molar-refractivity contribution in [3.05, 3.63) is 24.0 Å². The van der Waals surface area contributed by atoms with Crippen LogP contribution < -0.4 is 5.32 Å². The summed E-state index contributed by atoms with van der Waals surface area (Å²) >= 11 is 0.321. The highest BCUT2D eigenvalue weighted by Gasteiger charge is 2.22. The Hall–Kier alpha value is -1.27. The predicted octanol–water partition coefficient (Wildman–Crippen LogP) is 5.06. The maximum absolute atomic E-state index is 13.7. The predicted molar refractivity (Wildman–Crippen MR) is 97.1 cm³/mol. The largest absolute Gasteiger partial charge is 0.381 e. The summed E-state index contributed by atoms with van der Waals surface area (Å²) in [5.74, 6) is 1.30. The molecule has 2 aromatic rings. The molecule has 0 aromatic carbocycles. The first-order valence-corrected chi connectivity index (χ1v) is 9.67. The van der Waals surface area contributed by atoms with Crippen molar-refractivity contribution >= 4 is 29.1 Å². The number of nitrogens with zero attached hydrogens (tertiary/aromatic N) is 2. The lowest BCUT2D eigenvalue weighted by molar-refractivity contribution is 0.0904. The average molecular weight is 349 g/mol. The number of ether oxygens (including phenoxy) is 1. The summed E-state index contributed by atoms with van der Waals surface area (Å²) in [6, 6.07) is 4.51. The molecule has 24 heavy (non-hydrogen) atoms. The van der Waals surface area contributed by atoms with E-state index in [1.807, 2.05) is 12.3 Å². The Morgan fingerprint density at radius 2 is 1.92 bits per heavy atom. The van der Waals surface area contributed by atoms with E-state index in [0.717, 1.165) is 61.3 Å². The first-order valence-electron chi connectivity index (χ1n) is 9.00. The molecule has 4 rings (SSSR count). The minimum Gasteiger partial charge on any atom is -0.381 e. The fourth-order valence-electron chi connectivity index (χ4n) is 3.99. The first-order chi connectivity index (χ1) is 11.8. The minimum atomic E-state index is 0.321. The van der Waals surface area contributed by atoms with Gasteiger partial charge in [0.2, 0.25) is 0 Å². The van der Waals surface area contributed by atoms with Crippen molar-refractivity contribution in [3.63, 3.8) is 0 Å². The lowest BCUT2D eigenvalue weighted by Gasteiger charge is -2.23. The van der Waals surface area contributed by atoms with E-state index in [0.29, 0.717) is 24.3 Å². The highest BCUT2D eigenvalue weighted by molar-refractivity contribution is 7.93. The van der Waals surface area contributed by atoms with Gasteiger partial charge in [-0.2, -0.15) is 0 Å². The van der Waals surface area contributed by atoms with Crippen LogP contribution in [0.2, 0.25) is 0 Å². The maximum atomic E-state index is 13.7. The van der Waals surface area contributed by atoms with Crippen molar-refractivity contribution in [2.24, 2.45) is 0 Å². The second-order valence-electron chi connectivity index (χ2n) is 6.93. The van der Waals surface area contributed by atoms with Crippen LogP contribution in [0.5, 0.6) is 0 Å². The van der Waals surface area contributed by atoms with Gasteiger partial charge in [-0.05, 0) is 31.7 Å². The zero-order valence-electron chi connectivity index (χ0n) is 13.8. The minimum absolute atomic E-state index is 0.321. The molecule has 4 nitrogen and oxygen atoms in total. The molecule has 0 atom stereocenters. The third-order valence-corrected chi connectivity index (χ3v) is 5.88. The van der Waals surface area contributed by atoms with E-state index in [2.05, 4.69) is 16.4 Å². The van der Waals surface area contributed by atoms with Crippen LogP contribution in [0.25, 0.3) is 10.9 Å². The summed E-state index contributed by atoms with van der Waals surface area (Å²) in [5.41, 5.74) is 2.04. The molecule has 3 heterocycles. The van der Waals surface area contributed by atoms with E-state index in [1.165, 1.54) is 19.3 Å². The summed E-state index contributed by atoms with van der Waals surface area (Å²) in [6.07, 6.45) is 9.99. The lowest BCUT2D eigenvalue weighted by atomic mass is 9.87. The number of rotatable bonds is 4. The molecular weight excluding hydrogens is 325 g/mol. The highest BCUT2D eigenvalue weighted by Crippen LogP contribution is 2.38. The second kappa shape index (κ2) is 7.31. The number of fused-ring (bicyclic) bond motifs is 1. The third kappa shape index (κ3) is 3.26. The molecule has 130 valence electrons. The quantitative estimate of drug-likeness (QED) is 0.838. The Labute approximate surface area is 146 Å². The summed E-state index contributed by atoms with van der Waals surface area (Å²) in [6.45, 7) is 1.59. The van der Waals surface area contributed by atoms with Gasteiger partial charge in [0.05, 0.1) is 5.52 Å². The molecule has 1 saturated heterocycles. The standard InChI is InChI=1S/C18H24FN3OS/c19-24-22-16(13-4-2-1-3-5-13)10-14-12-20-18(11-17(14)22)21-15-6-8-23-9-7-15/h10-13,15H,1-9H2,(H,20,21). The van der Waals surface area contributed by atoms with Gasteiger partial charge in [-0.25, -0.2) is 4.98 Å². The van der Waals surface area contributed by atoms with Gasteiger partial charge < -0.3 is 10.1 Å². The number of pyridine rings is 1. The molecule has 0 spiro atoms. The van der Waals surface area contributed by atoms with Crippen LogP contribution in [0.4, 0.5) is 9.70 Å². The number of hydrogen-bond donors (Lipinski definition) is 1. The van der Waals surface area contributed by atoms with Crippen LogP contribution in [0.3, 0.4) is 0 Å². The van der Waals surface area contributed by atoms with Crippen molar-refractivity contribution in [3.8, 4) is 0 Å². The van der Waals surface area contributed by atoms with Gasteiger partial charge in [0.1, 0.15) is 5.82 Å². The normalized spacial score (nSPS) is 20.5. The fraction of sp³-hybridized carbons (Fsp3) is 0.611. The number of nitrogens with one attached hydrogen (secondary N) is 1. The third-order valence-electron chi connectivity index (χ3n) is 5.33. The first kappa shape index (κ1) is 16.2. The number of halogens is 1. The fourth-order valence-corrected chi connectivity index (χ4v) is 4.50. The van der Waals surface area contributed by atoms with Crippen LogP contribution in [-0.2, 0) is 4.74 Å². The van der Waals surface area contributed by atoms with Crippen molar-refractivity contribution in [2.75, 3.05) is 18.5 Å². The Balaban J connectivity index is 1.62. The van der Waals surface area contributed by atoms with Crippen molar-refractivity contribution < 1.29 is 8.62 Å². The van der Waals surface area contributed by atoms with E-state index >= 15 is 0 Å². The Kier molecular flexibility index (Phi) is 4.94. The smallest absolute Gasteiger partial charge is 0.170 e. The molecule has 1 saturated carbocycles. The Morgan fingerprint density at radius 1 is 1.12 bits per heavy atom. The maximum Gasteiger partial charge on any atom is 0.170 e. The van der Waals surface area contributed by atoms with E-state index in [9.17, 15) is 3.89 Å². The topological polar surface area (TPSA) is 39.1 Å². The van der Waals surface area contributed by atoms with Gasteiger partial charge in [-0.3, -0.25) is 3.97 Å². The van der Waals surface area contributed by atoms with E-state index in [-0.39, 0.29) is 0 Å². The van der Waals surface area contributed by atoms with Gasteiger partial charge in [0, 0.05) is 48.5 Å². The molecule has 1 N–H and O–H groups in total. The van der Waals surface area contributed by atoms with Crippen molar-refractivity contribution in [1.29, 1.82) is 0 Å². The molecule has 6 heteroatoms. The lowest BCUT2D eigenvalue weighted by Crippen LogP contribution is -2.28. The van der Waals surface area contributed by atoms with Gasteiger partial charge >= 0.3 is 0 Å². The average Bonchev–Trinajstić information content (AvgIpc) is 3.01. The summed E-state index contributed by atoms with van der Waals surface area (Å²) in [7, 11) is 0. The summed E-state index contributed by atoms with van der Waals surface area (Å²) in [4.78, 5) is 4.54. The van der Waals surface area contributed by atoms with Gasteiger partial charge in [0.15, 0.2) is 12.3 Å². The summed E-state index contributed by atoms with van der Waals surface area (Å²) < 4.78 is 20.9. The van der Waals surface area contributed by atoms with E-state index in [1.54, 1.807) is 3.97 Å². The number of aromatic nitrogens is 2. The SMILES string of the molecule is FSn1c(C2CCCCC2)cc2cnc(NC3CCOCC3)cc21. The summed E-state index contributed by atoms with van der Waals surface area (Å²) in [5, 5.41) is 4.50. The monoisotopic (exact) mass is 349 g/mol. The van der Waals surface area contributed by atoms with Crippen molar-refractivity contribution in [1.82, 2.24) is 8.96 Å². The molecule has 2 aromatic heterocycles. The van der Waals surface area contributed by atoms with Crippen LogP contribution in [0.1, 0.15) is 56.6 Å². The molecule has 0 bridgehead atoms. The van der Waals surface area contributed by atoms with Crippen molar-refractivity contribution in [2.45, 2.75) is 56.9 Å². The van der Waals surface area contributed by atoms with Crippen LogP contribution >= 0.6 is 12.3 Å². The molecule has 0 radical (unpaired) electrons. The van der Waals surface area contributed by atoms with Gasteiger partial charge in [-0.15, -0.1) is 3.89 Å². The molecule has 0 unspecified atom stereocenters. The number of hydrogen-bond acceptors (Lipinski definition) is 4. The van der Waals surface area contributed by atoms with Crippen LogP contribution in [0.15, 0.2) is 18.3 Å². The van der Waals surface area contributed by atoms with Gasteiger partial charge in [-0.1, -0.05) is 19.3 Å². The molecule has 0 amide bonds. The van der Waals surface area contributed by atoms with Gasteiger partial charge in [0.25, 0.3) is 0 Å². The zero-order chi connectivity index (χ0) is 16.4. The number of anilines is 1. The zero-order valence-corrected chi connectivity index (χ0v) is 14.7. The molecule has 2 aliphatic rings. The Morgan fingerprint density at radius 3 is 2.67 bits per heavy atom. The molecular formula is C18H24FN3OS. The molecule has 1 aliphatic heterocycles. The van der Waals surface area contributed by atoms with E-state index in [4.69, 9.17) is 4.74 Å². The Bertz CT molecular complexity index is 693. The molecule has 1 aliphatic carbocycles. The highest BCUT2D eigenvalue weighted by atomic mass is 32.2. The second-order valence-corrected chi connectivity index (χ2v) is 7.43. The van der Waals surface area contributed by atoms with Crippen LogP contribution in [-0.4, -0.2) is 28.2 Å². The van der Waals surface area contributed by atoms with E-state index < -0.39 is 0 Å². The molecule has 2 fully saturated rings.